The molecule has 1 unspecified atom stereocenters. The van der Waals surface area contributed by atoms with Crippen LogP contribution in [0.4, 0.5) is 4.79 Å². The van der Waals surface area contributed by atoms with Gasteiger partial charge in [0.1, 0.15) is 5.60 Å². The lowest BCUT2D eigenvalue weighted by Gasteiger charge is -2.26. The van der Waals surface area contributed by atoms with Gasteiger partial charge < -0.3 is 19.5 Å². The first-order valence-electron chi connectivity index (χ1n) is 10.2. The van der Waals surface area contributed by atoms with E-state index in [1.807, 2.05) is 59.7 Å². The van der Waals surface area contributed by atoms with Gasteiger partial charge in [-0.1, -0.05) is 47.9 Å². The average molecular weight is 493 g/mol. The van der Waals surface area contributed by atoms with Crippen LogP contribution < -0.4 is 5.32 Å². The van der Waals surface area contributed by atoms with Crippen LogP contribution in [0.2, 0.25) is 0 Å². The Morgan fingerprint density at radius 3 is 2.55 bits per heavy atom. The van der Waals surface area contributed by atoms with Crippen LogP contribution in [0.15, 0.2) is 27.2 Å². The normalized spacial score (nSPS) is 17.0. The number of hydrogen-bond donors (Lipinski definition) is 1. The molecule has 8 nitrogen and oxygen atoms in total. The van der Waals surface area contributed by atoms with Gasteiger partial charge in [0.05, 0.1) is 6.04 Å². The molecule has 1 atom stereocenters. The van der Waals surface area contributed by atoms with E-state index >= 15 is 0 Å². The van der Waals surface area contributed by atoms with Gasteiger partial charge >= 0.3 is 17.9 Å². The Morgan fingerprint density at radius 1 is 1.23 bits per heavy atom. The van der Waals surface area contributed by atoms with Crippen molar-refractivity contribution in [1.82, 2.24) is 20.4 Å². The first kappa shape index (κ1) is 23.2. The molecule has 0 radical (unpaired) electrons. The van der Waals surface area contributed by atoms with Gasteiger partial charge in [-0.2, -0.15) is 4.98 Å². The van der Waals surface area contributed by atoms with E-state index < -0.39 is 11.5 Å². The highest BCUT2D eigenvalue weighted by Crippen LogP contribution is 2.30. The monoisotopic (exact) mass is 492 g/mol. The maximum atomic E-state index is 12.8. The molecule has 2 amide bonds. The first-order chi connectivity index (χ1) is 14.3. The predicted octanol–water partition coefficient (Wildman–Crippen LogP) is 4.74. The van der Waals surface area contributed by atoms with Crippen molar-refractivity contribution in [2.24, 2.45) is 0 Å². The zero-order chi connectivity index (χ0) is 23.0. The van der Waals surface area contributed by atoms with E-state index in [9.17, 15) is 9.59 Å². The molecule has 0 bridgehead atoms. The lowest BCUT2D eigenvalue weighted by molar-refractivity contribution is 0.0234. The van der Waals surface area contributed by atoms with E-state index in [4.69, 9.17) is 9.26 Å². The fraction of sp³-hybridized carbons (Fsp3) is 0.545. The van der Waals surface area contributed by atoms with E-state index in [1.54, 1.807) is 4.90 Å². The molecule has 1 N–H and O–H groups in total. The third-order valence-electron chi connectivity index (χ3n) is 4.78. The minimum atomic E-state index is -0.584. The molecule has 3 rings (SSSR count). The molecule has 0 saturated heterocycles. The second-order valence-electron chi connectivity index (χ2n) is 9.73. The van der Waals surface area contributed by atoms with Gasteiger partial charge in [0, 0.05) is 23.0 Å². The fourth-order valence-corrected chi connectivity index (χ4v) is 3.66. The topological polar surface area (TPSA) is 97.6 Å². The summed E-state index contributed by atoms with van der Waals surface area (Å²) in [6.07, 6.45) is 0.150. The number of hydrogen-bond acceptors (Lipinski definition) is 6. The van der Waals surface area contributed by atoms with Crippen molar-refractivity contribution in [3.05, 3.63) is 45.5 Å². The quantitative estimate of drug-likeness (QED) is 0.649. The molecule has 0 spiro atoms. The second-order valence-corrected chi connectivity index (χ2v) is 10.6. The van der Waals surface area contributed by atoms with Gasteiger partial charge in [0.25, 0.3) is 0 Å². The molecule has 0 fully saturated rings. The highest BCUT2D eigenvalue weighted by Gasteiger charge is 2.31. The summed E-state index contributed by atoms with van der Waals surface area (Å²) in [7, 11) is 0. The lowest BCUT2D eigenvalue weighted by atomic mass is 9.96. The van der Waals surface area contributed by atoms with Crippen molar-refractivity contribution in [2.75, 3.05) is 6.54 Å². The zero-order valence-corrected chi connectivity index (χ0v) is 20.4. The number of carbonyl (C=O) groups excluding carboxylic acids is 2. The molecule has 0 aliphatic carbocycles. The van der Waals surface area contributed by atoms with Crippen LogP contribution in [0, 0.1) is 0 Å². The Kier molecular flexibility index (Phi) is 6.45. The van der Waals surface area contributed by atoms with E-state index in [0.29, 0.717) is 25.3 Å². The number of rotatable bonds is 2. The summed E-state index contributed by atoms with van der Waals surface area (Å²) >= 11 is 3.50. The molecule has 9 heteroatoms. The Bertz CT molecular complexity index is 975. The molecular formula is C22H29BrN4O4. The van der Waals surface area contributed by atoms with Crippen molar-refractivity contribution in [1.29, 1.82) is 0 Å². The minimum Gasteiger partial charge on any atom is -0.444 e. The minimum absolute atomic E-state index is 0.0724. The Hall–Kier alpha value is -2.42. The molecular weight excluding hydrogens is 464 g/mol. The summed E-state index contributed by atoms with van der Waals surface area (Å²) in [6, 6.07) is 5.53. The third kappa shape index (κ3) is 5.84. The maximum Gasteiger partial charge on any atom is 0.410 e. The van der Waals surface area contributed by atoms with Gasteiger partial charge in [0.2, 0.25) is 0 Å². The molecule has 2 heterocycles. The average Bonchev–Trinajstić information content (AvgIpc) is 3.07. The number of benzene rings is 1. The molecule has 1 aliphatic heterocycles. The number of halogens is 1. The van der Waals surface area contributed by atoms with E-state index in [-0.39, 0.29) is 23.4 Å². The summed E-state index contributed by atoms with van der Waals surface area (Å²) in [5.74, 6) is -0.0385. The van der Waals surface area contributed by atoms with Crippen LogP contribution >= 0.6 is 15.9 Å². The van der Waals surface area contributed by atoms with Crippen LogP contribution in [0.25, 0.3) is 0 Å². The number of fused-ring (bicyclic) bond motifs is 1. The van der Waals surface area contributed by atoms with Gasteiger partial charge in [-0.15, -0.1) is 0 Å². The van der Waals surface area contributed by atoms with Gasteiger partial charge in [-0.05, 0) is 50.5 Å². The fourth-order valence-electron chi connectivity index (χ4n) is 3.25. The highest BCUT2D eigenvalue weighted by atomic mass is 79.9. The van der Waals surface area contributed by atoms with E-state index in [2.05, 4.69) is 31.4 Å². The molecule has 1 aliphatic rings. The van der Waals surface area contributed by atoms with Crippen molar-refractivity contribution in [2.45, 2.75) is 71.6 Å². The Balaban J connectivity index is 1.82. The molecule has 2 aromatic rings. The van der Waals surface area contributed by atoms with Crippen molar-refractivity contribution < 1.29 is 18.8 Å². The van der Waals surface area contributed by atoms with Crippen LogP contribution in [0.1, 0.15) is 81.6 Å². The summed E-state index contributed by atoms with van der Waals surface area (Å²) in [5, 5.41) is 6.92. The summed E-state index contributed by atoms with van der Waals surface area (Å²) in [5.41, 5.74) is 0.971. The van der Waals surface area contributed by atoms with Crippen LogP contribution in [-0.2, 0) is 16.7 Å². The molecule has 31 heavy (non-hydrogen) atoms. The van der Waals surface area contributed by atoms with Crippen LogP contribution in [0.5, 0.6) is 0 Å². The summed E-state index contributed by atoms with van der Waals surface area (Å²) in [4.78, 5) is 31.4. The van der Waals surface area contributed by atoms with Gasteiger partial charge in [-0.25, -0.2) is 4.79 Å². The van der Waals surface area contributed by atoms with Crippen LogP contribution in [-0.4, -0.2) is 39.2 Å². The number of carbonyl (C=O) groups is 2. The Labute approximate surface area is 190 Å². The van der Waals surface area contributed by atoms with Gasteiger partial charge in [-0.3, -0.25) is 4.79 Å². The number of nitrogens with one attached hydrogen (secondary N) is 1. The number of nitrogens with zero attached hydrogens (tertiary/aromatic N) is 3. The highest BCUT2D eigenvalue weighted by molar-refractivity contribution is 9.10. The van der Waals surface area contributed by atoms with Crippen molar-refractivity contribution in [3.63, 3.8) is 0 Å². The van der Waals surface area contributed by atoms with E-state index in [1.165, 1.54) is 0 Å². The third-order valence-corrected chi connectivity index (χ3v) is 5.27. The van der Waals surface area contributed by atoms with Crippen molar-refractivity contribution >= 4 is 27.9 Å². The maximum absolute atomic E-state index is 12.8. The number of ether oxygens (including phenoxy) is 1. The SMILES string of the molecule is CC(C)(C)OC(=O)N1CCC(NC(=O)c2nc(C(C)(C)C)no2)c2ccc(Br)cc2C1. The number of aromatic nitrogens is 2. The first-order valence-corrected chi connectivity index (χ1v) is 11.0. The second kappa shape index (κ2) is 8.61. The van der Waals surface area contributed by atoms with Gasteiger partial charge in [0.15, 0.2) is 5.82 Å². The van der Waals surface area contributed by atoms with Crippen LogP contribution in [0.3, 0.4) is 0 Å². The lowest BCUT2D eigenvalue weighted by Crippen LogP contribution is -2.37. The number of amides is 2. The largest absolute Gasteiger partial charge is 0.444 e. The standard InChI is InChI=1S/C22H29BrN4O4/c1-21(2,3)19-25-18(31-26-19)17(28)24-16-9-10-27(20(29)30-22(4,5)6)12-13-11-14(23)7-8-15(13)16/h7-8,11,16H,9-10,12H2,1-6H3,(H,24,28). The zero-order valence-electron chi connectivity index (χ0n) is 18.8. The summed E-state index contributed by atoms with van der Waals surface area (Å²) < 4.78 is 11.6. The molecule has 168 valence electrons. The smallest absolute Gasteiger partial charge is 0.410 e. The molecule has 1 aromatic carbocycles. The Morgan fingerprint density at radius 2 is 1.94 bits per heavy atom. The summed E-state index contributed by atoms with van der Waals surface area (Å²) in [6.45, 7) is 12.2. The van der Waals surface area contributed by atoms with Crippen molar-refractivity contribution in [3.8, 4) is 0 Å². The molecule has 0 saturated carbocycles. The van der Waals surface area contributed by atoms with E-state index in [0.717, 1.165) is 15.6 Å². The molecule has 1 aromatic heterocycles. The predicted molar refractivity (Wildman–Crippen MR) is 119 cm³/mol.